The largest absolute Gasteiger partial charge is 0.468 e. The molecule has 1 spiro atoms. The molecule has 0 bridgehead atoms. The number of carbonyl (C=O) groups excluding carboxylic acids is 1. The molecule has 1 atom stereocenters. The summed E-state index contributed by atoms with van der Waals surface area (Å²) in [5.74, 6) is -1.28. The van der Waals surface area contributed by atoms with Gasteiger partial charge in [0.05, 0.1) is 20.3 Å². The Hall–Kier alpha value is -0.700. The second-order valence-electron chi connectivity index (χ2n) is 5.21. The van der Waals surface area contributed by atoms with E-state index in [2.05, 4.69) is 9.46 Å². The molecule has 1 saturated heterocycles. The maximum Gasteiger partial charge on any atom is 0.325 e. The Morgan fingerprint density at radius 2 is 1.85 bits per heavy atom. The van der Waals surface area contributed by atoms with Gasteiger partial charge in [0.25, 0.3) is 0 Å². The van der Waals surface area contributed by atoms with E-state index in [1.165, 1.54) is 14.0 Å². The van der Waals surface area contributed by atoms with E-state index in [1.54, 1.807) is 0 Å². The lowest BCUT2D eigenvalue weighted by atomic mass is 9.91. The molecule has 8 heteroatoms. The smallest absolute Gasteiger partial charge is 0.325 e. The van der Waals surface area contributed by atoms with Gasteiger partial charge in [-0.1, -0.05) is 0 Å². The fraction of sp³-hybridized carbons (Fsp3) is 0.917. The average molecular weight is 307 g/mol. The van der Waals surface area contributed by atoms with Gasteiger partial charge in [-0.15, -0.1) is 0 Å². The summed E-state index contributed by atoms with van der Waals surface area (Å²) < 4.78 is 42.3. The van der Waals surface area contributed by atoms with Crippen LogP contribution in [0.4, 0.5) is 0 Å². The maximum absolute atomic E-state index is 12.0. The van der Waals surface area contributed by atoms with Gasteiger partial charge in [-0.3, -0.25) is 4.79 Å². The van der Waals surface area contributed by atoms with Crippen LogP contribution in [0.25, 0.3) is 0 Å². The Kier molecular flexibility index (Phi) is 4.68. The Morgan fingerprint density at radius 1 is 1.30 bits per heavy atom. The van der Waals surface area contributed by atoms with Crippen LogP contribution < -0.4 is 4.72 Å². The monoisotopic (exact) mass is 307 g/mol. The Bertz CT molecular complexity index is 447. The lowest BCUT2D eigenvalue weighted by molar-refractivity contribution is -0.178. The highest BCUT2D eigenvalue weighted by molar-refractivity contribution is 7.90. The van der Waals surface area contributed by atoms with Crippen LogP contribution in [0, 0.1) is 0 Å². The number of rotatable bonds is 4. The SMILES string of the molecule is COC(=O)C(C)S(=O)(=O)NC1CCC2(CC1)OCCO2. The molecule has 116 valence electrons. The summed E-state index contributed by atoms with van der Waals surface area (Å²) in [7, 11) is -2.54. The number of esters is 1. The van der Waals surface area contributed by atoms with Crippen molar-refractivity contribution in [3.05, 3.63) is 0 Å². The van der Waals surface area contributed by atoms with Crippen LogP contribution in [0.2, 0.25) is 0 Å². The van der Waals surface area contributed by atoms with Crippen molar-refractivity contribution >= 4 is 16.0 Å². The van der Waals surface area contributed by atoms with Crippen molar-refractivity contribution in [2.45, 2.75) is 49.7 Å². The number of carbonyl (C=O) groups is 1. The van der Waals surface area contributed by atoms with Crippen molar-refractivity contribution in [3.8, 4) is 0 Å². The van der Waals surface area contributed by atoms with Crippen molar-refractivity contribution < 1.29 is 27.4 Å². The lowest BCUT2D eigenvalue weighted by Gasteiger charge is -2.35. The van der Waals surface area contributed by atoms with E-state index in [-0.39, 0.29) is 6.04 Å². The first kappa shape index (κ1) is 15.7. The van der Waals surface area contributed by atoms with Crippen LogP contribution in [0.15, 0.2) is 0 Å². The van der Waals surface area contributed by atoms with Crippen molar-refractivity contribution in [1.82, 2.24) is 4.72 Å². The third-order valence-corrected chi connectivity index (χ3v) is 5.68. The van der Waals surface area contributed by atoms with Crippen LogP contribution in [0.1, 0.15) is 32.6 Å². The zero-order chi connectivity index (χ0) is 14.8. The molecule has 1 aliphatic carbocycles. The number of sulfonamides is 1. The van der Waals surface area contributed by atoms with Crippen LogP contribution >= 0.6 is 0 Å². The van der Waals surface area contributed by atoms with Gasteiger partial charge < -0.3 is 14.2 Å². The van der Waals surface area contributed by atoms with Crippen molar-refractivity contribution in [2.24, 2.45) is 0 Å². The fourth-order valence-electron chi connectivity index (χ4n) is 2.59. The van der Waals surface area contributed by atoms with E-state index < -0.39 is 27.0 Å². The summed E-state index contributed by atoms with van der Waals surface area (Å²) >= 11 is 0. The van der Waals surface area contributed by atoms with Gasteiger partial charge in [0.2, 0.25) is 10.0 Å². The van der Waals surface area contributed by atoms with Crippen molar-refractivity contribution in [3.63, 3.8) is 0 Å². The quantitative estimate of drug-likeness (QED) is 0.744. The minimum Gasteiger partial charge on any atom is -0.468 e. The van der Waals surface area contributed by atoms with Crippen molar-refractivity contribution in [2.75, 3.05) is 20.3 Å². The molecule has 1 unspecified atom stereocenters. The molecular weight excluding hydrogens is 286 g/mol. The molecule has 1 heterocycles. The van der Waals surface area contributed by atoms with Crippen LogP contribution in [0.5, 0.6) is 0 Å². The minimum absolute atomic E-state index is 0.189. The summed E-state index contributed by atoms with van der Waals surface area (Å²) in [4.78, 5) is 11.3. The summed E-state index contributed by atoms with van der Waals surface area (Å²) in [6.07, 6.45) is 2.58. The third-order valence-electron chi connectivity index (χ3n) is 3.89. The van der Waals surface area contributed by atoms with Gasteiger partial charge in [-0.25, -0.2) is 13.1 Å². The molecule has 1 saturated carbocycles. The first-order valence-corrected chi connectivity index (χ1v) is 8.30. The number of hydrogen-bond donors (Lipinski definition) is 1. The van der Waals surface area contributed by atoms with Crippen LogP contribution in [-0.2, 0) is 29.0 Å². The van der Waals surface area contributed by atoms with Gasteiger partial charge in [-0.05, 0) is 19.8 Å². The number of nitrogens with one attached hydrogen (secondary N) is 1. The zero-order valence-corrected chi connectivity index (χ0v) is 12.6. The predicted octanol–water partition coefficient (Wildman–Crippen LogP) is 0.153. The second-order valence-corrected chi connectivity index (χ2v) is 7.24. The Balaban J connectivity index is 1.90. The van der Waals surface area contributed by atoms with Gasteiger partial charge in [0, 0.05) is 18.9 Å². The summed E-state index contributed by atoms with van der Waals surface area (Å²) in [5, 5.41) is -1.21. The normalized spacial score (nSPS) is 24.7. The molecule has 2 aliphatic rings. The zero-order valence-electron chi connectivity index (χ0n) is 11.8. The molecule has 20 heavy (non-hydrogen) atoms. The molecule has 7 nitrogen and oxygen atoms in total. The Morgan fingerprint density at radius 3 is 2.35 bits per heavy atom. The minimum atomic E-state index is -3.71. The highest BCUT2D eigenvalue weighted by atomic mass is 32.2. The predicted molar refractivity (Wildman–Crippen MR) is 70.4 cm³/mol. The highest BCUT2D eigenvalue weighted by Crippen LogP contribution is 2.35. The van der Waals surface area contributed by atoms with Crippen molar-refractivity contribution in [1.29, 1.82) is 0 Å². The van der Waals surface area contributed by atoms with Gasteiger partial charge >= 0.3 is 5.97 Å². The standard InChI is InChI=1S/C12H21NO6S/c1-9(11(14)17-2)20(15,16)13-10-3-5-12(6-4-10)18-7-8-19-12/h9-10,13H,3-8H2,1-2H3. The second kappa shape index (κ2) is 5.97. The molecule has 0 radical (unpaired) electrons. The Labute approximate surface area is 119 Å². The van der Waals surface area contributed by atoms with Crippen LogP contribution in [0.3, 0.4) is 0 Å². The van der Waals surface area contributed by atoms with E-state index in [4.69, 9.17) is 9.47 Å². The molecular formula is C12H21NO6S. The average Bonchev–Trinajstić information content (AvgIpc) is 2.88. The number of hydrogen-bond acceptors (Lipinski definition) is 6. The molecule has 2 fully saturated rings. The number of ether oxygens (including phenoxy) is 3. The molecule has 0 aromatic carbocycles. The molecule has 1 N–H and O–H groups in total. The molecule has 1 aliphatic heterocycles. The molecule has 0 aromatic rings. The molecule has 2 rings (SSSR count). The van der Waals surface area contributed by atoms with E-state index in [9.17, 15) is 13.2 Å². The first-order valence-electron chi connectivity index (χ1n) is 6.75. The molecule has 0 aromatic heterocycles. The van der Waals surface area contributed by atoms with E-state index >= 15 is 0 Å². The summed E-state index contributed by atoms with van der Waals surface area (Å²) in [5.41, 5.74) is 0. The molecule has 0 amide bonds. The van der Waals surface area contributed by atoms with Crippen LogP contribution in [-0.4, -0.2) is 51.8 Å². The first-order chi connectivity index (χ1) is 9.38. The topological polar surface area (TPSA) is 90.9 Å². The maximum atomic E-state index is 12.0. The van der Waals surface area contributed by atoms with E-state index in [0.29, 0.717) is 38.9 Å². The summed E-state index contributed by atoms with van der Waals surface area (Å²) in [6, 6.07) is -0.189. The summed E-state index contributed by atoms with van der Waals surface area (Å²) in [6.45, 7) is 2.51. The fourth-order valence-corrected chi connectivity index (χ4v) is 3.84. The van der Waals surface area contributed by atoms with E-state index in [0.717, 1.165) is 0 Å². The van der Waals surface area contributed by atoms with E-state index in [1.807, 2.05) is 0 Å². The highest BCUT2D eigenvalue weighted by Gasteiger charge is 2.41. The van der Waals surface area contributed by atoms with Gasteiger partial charge in [0.1, 0.15) is 0 Å². The number of methoxy groups -OCH3 is 1. The van der Waals surface area contributed by atoms with Gasteiger partial charge in [0.15, 0.2) is 11.0 Å². The lowest BCUT2D eigenvalue weighted by Crippen LogP contribution is -2.47. The third kappa shape index (κ3) is 3.30. The van der Waals surface area contributed by atoms with Gasteiger partial charge in [-0.2, -0.15) is 0 Å².